The van der Waals surface area contributed by atoms with Gasteiger partial charge in [-0.3, -0.25) is 5.32 Å². The van der Waals surface area contributed by atoms with Crippen LogP contribution in [0, 0.1) is 11.3 Å². The van der Waals surface area contributed by atoms with Gasteiger partial charge in [-0.1, -0.05) is 31.2 Å². The van der Waals surface area contributed by atoms with Crippen LogP contribution in [0.3, 0.4) is 0 Å². The predicted molar refractivity (Wildman–Crippen MR) is 113 cm³/mol. The average Bonchev–Trinajstić information content (AvgIpc) is 2.85. The van der Waals surface area contributed by atoms with E-state index in [1.165, 1.54) is 0 Å². The lowest BCUT2D eigenvalue weighted by atomic mass is 10.0. The summed E-state index contributed by atoms with van der Waals surface area (Å²) in [4.78, 5) is 14.1. The summed E-state index contributed by atoms with van der Waals surface area (Å²) >= 11 is 0. The van der Waals surface area contributed by atoms with Gasteiger partial charge >= 0.3 is 6.09 Å². The summed E-state index contributed by atoms with van der Waals surface area (Å²) in [5, 5.41) is 12.6. The number of nitriles is 1. The van der Waals surface area contributed by atoms with E-state index in [2.05, 4.69) is 16.3 Å². The standard InChI is InChI=1S/C23H25N3O3/c1-5-15(2)29-23(27)25-17-8-6-7-16(13-17)22-20(14-24)19-11-9-18(28-4)10-12-21(19)26(22)3/h6-13,15,21H,5H2,1-4H3,(H,25,27). The Labute approximate surface area is 171 Å². The van der Waals surface area contributed by atoms with Crippen LogP contribution in [0.2, 0.25) is 0 Å². The van der Waals surface area contributed by atoms with E-state index < -0.39 is 6.09 Å². The van der Waals surface area contributed by atoms with Gasteiger partial charge in [-0.25, -0.2) is 4.79 Å². The van der Waals surface area contributed by atoms with Crippen molar-refractivity contribution in [2.75, 3.05) is 19.5 Å². The Morgan fingerprint density at radius 1 is 1.38 bits per heavy atom. The number of nitrogens with zero attached hydrogens (tertiary/aromatic N) is 2. The highest BCUT2D eigenvalue weighted by Crippen LogP contribution is 2.40. The number of fused-ring (bicyclic) bond motifs is 1. The number of carbonyl (C=O) groups excluding carboxylic acids is 1. The van der Waals surface area contributed by atoms with Crippen LogP contribution in [-0.2, 0) is 9.47 Å². The third-order valence-corrected chi connectivity index (χ3v) is 5.10. The molecule has 6 nitrogen and oxygen atoms in total. The van der Waals surface area contributed by atoms with Crippen LogP contribution in [0.5, 0.6) is 0 Å². The highest BCUT2D eigenvalue weighted by molar-refractivity contribution is 5.87. The zero-order valence-corrected chi connectivity index (χ0v) is 17.1. The van der Waals surface area contributed by atoms with Gasteiger partial charge < -0.3 is 14.4 Å². The van der Waals surface area contributed by atoms with Gasteiger partial charge in [-0.15, -0.1) is 0 Å². The molecule has 2 unspecified atom stereocenters. The number of rotatable bonds is 5. The topological polar surface area (TPSA) is 74.6 Å². The van der Waals surface area contributed by atoms with Crippen molar-refractivity contribution in [1.82, 2.24) is 4.90 Å². The first kappa shape index (κ1) is 20.3. The lowest BCUT2D eigenvalue weighted by Crippen LogP contribution is -2.24. The fraction of sp³-hybridized carbons (Fsp3) is 0.304. The van der Waals surface area contributed by atoms with Gasteiger partial charge in [-0.05, 0) is 43.2 Å². The molecule has 1 aliphatic carbocycles. The molecule has 0 saturated carbocycles. The number of nitrogens with one attached hydrogen (secondary N) is 1. The van der Waals surface area contributed by atoms with E-state index in [9.17, 15) is 10.1 Å². The van der Waals surface area contributed by atoms with Crippen LogP contribution in [0.25, 0.3) is 5.70 Å². The van der Waals surface area contributed by atoms with Gasteiger partial charge in [0.25, 0.3) is 0 Å². The quantitative estimate of drug-likeness (QED) is 0.793. The molecule has 0 spiro atoms. The predicted octanol–water partition coefficient (Wildman–Crippen LogP) is 4.61. The normalized spacial score (nSPS) is 18.9. The molecule has 0 bridgehead atoms. The molecule has 0 saturated heterocycles. The molecule has 1 N–H and O–H groups in total. The van der Waals surface area contributed by atoms with Crippen molar-refractivity contribution in [1.29, 1.82) is 5.26 Å². The molecule has 0 fully saturated rings. The molecule has 2 atom stereocenters. The van der Waals surface area contributed by atoms with E-state index in [1.807, 2.05) is 63.4 Å². The molecular formula is C23H25N3O3. The number of hydrogen-bond donors (Lipinski definition) is 1. The second-order valence-corrected chi connectivity index (χ2v) is 6.98. The average molecular weight is 391 g/mol. The molecule has 2 aliphatic rings. The number of ether oxygens (including phenoxy) is 2. The molecule has 1 aromatic rings. The maximum Gasteiger partial charge on any atom is 0.411 e. The fourth-order valence-electron chi connectivity index (χ4n) is 3.40. The van der Waals surface area contributed by atoms with E-state index in [-0.39, 0.29) is 12.1 Å². The molecule has 150 valence electrons. The zero-order chi connectivity index (χ0) is 21.0. The summed E-state index contributed by atoms with van der Waals surface area (Å²) in [6.45, 7) is 3.81. The first-order valence-electron chi connectivity index (χ1n) is 9.58. The molecule has 3 rings (SSSR count). The van der Waals surface area contributed by atoms with E-state index in [4.69, 9.17) is 9.47 Å². The monoisotopic (exact) mass is 391 g/mol. The molecule has 0 radical (unpaired) electrons. The molecule has 6 heteroatoms. The lowest BCUT2D eigenvalue weighted by molar-refractivity contribution is 0.118. The van der Waals surface area contributed by atoms with E-state index in [0.29, 0.717) is 11.3 Å². The van der Waals surface area contributed by atoms with E-state index >= 15 is 0 Å². The minimum Gasteiger partial charge on any atom is -0.497 e. The van der Waals surface area contributed by atoms with Gasteiger partial charge in [0.1, 0.15) is 17.9 Å². The Balaban J connectivity index is 1.94. The number of allylic oxidation sites excluding steroid dienone is 3. The number of benzene rings is 1. The fourth-order valence-corrected chi connectivity index (χ4v) is 3.40. The van der Waals surface area contributed by atoms with E-state index in [1.54, 1.807) is 13.2 Å². The smallest absolute Gasteiger partial charge is 0.411 e. The molecule has 29 heavy (non-hydrogen) atoms. The van der Waals surface area contributed by atoms with Gasteiger partial charge in [0.05, 0.1) is 24.4 Å². The number of anilines is 1. The Kier molecular flexibility index (Phi) is 6.08. The first-order chi connectivity index (χ1) is 14.0. The first-order valence-corrected chi connectivity index (χ1v) is 9.58. The maximum absolute atomic E-state index is 12.1. The van der Waals surface area contributed by atoms with Crippen LogP contribution in [0.15, 0.2) is 65.5 Å². The van der Waals surface area contributed by atoms with Gasteiger partial charge in [0.2, 0.25) is 0 Å². The molecule has 1 heterocycles. The van der Waals surface area contributed by atoms with E-state index in [0.717, 1.165) is 29.0 Å². The zero-order valence-electron chi connectivity index (χ0n) is 17.1. The Hall–Kier alpha value is -3.46. The van der Waals surface area contributed by atoms with Crippen LogP contribution in [0.1, 0.15) is 25.8 Å². The summed E-state index contributed by atoms with van der Waals surface area (Å²) in [7, 11) is 3.58. The molecule has 0 aromatic heterocycles. The highest BCUT2D eigenvalue weighted by atomic mass is 16.6. The second-order valence-electron chi connectivity index (χ2n) is 6.98. The number of methoxy groups -OCH3 is 1. The number of carbonyl (C=O) groups is 1. The summed E-state index contributed by atoms with van der Waals surface area (Å²) < 4.78 is 10.6. The van der Waals surface area contributed by atoms with Crippen molar-refractivity contribution in [3.05, 3.63) is 71.0 Å². The molecule has 1 amide bonds. The largest absolute Gasteiger partial charge is 0.497 e. The SMILES string of the molecule is CCC(C)OC(=O)Nc1cccc(C2=C(C#N)C3=CC=C(OC)C=CC3N2C)c1. The molecule has 1 aliphatic heterocycles. The van der Waals surface area contributed by atoms with Crippen LogP contribution >= 0.6 is 0 Å². The van der Waals surface area contributed by atoms with Gasteiger partial charge in [0, 0.05) is 18.3 Å². The van der Waals surface area contributed by atoms with Crippen LogP contribution in [-0.4, -0.2) is 37.3 Å². The number of amides is 1. The van der Waals surface area contributed by atoms with Crippen LogP contribution in [0.4, 0.5) is 10.5 Å². The Morgan fingerprint density at radius 3 is 2.86 bits per heavy atom. The number of likely N-dealkylation sites (N-methyl/N-ethyl adjacent to an activating group) is 1. The summed E-state index contributed by atoms with van der Waals surface area (Å²) in [5.74, 6) is 0.741. The van der Waals surface area contributed by atoms with Crippen LogP contribution < -0.4 is 5.32 Å². The highest BCUT2D eigenvalue weighted by Gasteiger charge is 2.33. The third-order valence-electron chi connectivity index (χ3n) is 5.10. The second kappa shape index (κ2) is 8.70. The summed E-state index contributed by atoms with van der Waals surface area (Å²) in [6, 6.07) is 9.73. The Morgan fingerprint density at radius 2 is 2.17 bits per heavy atom. The van der Waals surface area contributed by atoms with Crippen molar-refractivity contribution in [3.8, 4) is 6.07 Å². The minimum absolute atomic E-state index is 0.0597. The van der Waals surface area contributed by atoms with Crippen molar-refractivity contribution < 1.29 is 14.3 Å². The summed E-state index contributed by atoms with van der Waals surface area (Å²) in [5.41, 5.74) is 3.82. The Bertz CT molecular complexity index is 966. The molecule has 1 aromatic carbocycles. The number of hydrogen-bond acceptors (Lipinski definition) is 5. The van der Waals surface area contributed by atoms with Gasteiger partial charge in [0.15, 0.2) is 0 Å². The summed E-state index contributed by atoms with van der Waals surface area (Å²) in [6.07, 6.45) is 7.83. The van der Waals surface area contributed by atoms with Crippen molar-refractivity contribution in [2.24, 2.45) is 0 Å². The third kappa shape index (κ3) is 4.19. The molecular weight excluding hydrogens is 366 g/mol. The lowest BCUT2D eigenvalue weighted by Gasteiger charge is -2.23. The minimum atomic E-state index is -0.487. The maximum atomic E-state index is 12.1. The van der Waals surface area contributed by atoms with Crippen molar-refractivity contribution in [3.63, 3.8) is 0 Å². The van der Waals surface area contributed by atoms with Crippen molar-refractivity contribution in [2.45, 2.75) is 32.4 Å². The van der Waals surface area contributed by atoms with Crippen molar-refractivity contribution >= 4 is 17.5 Å². The van der Waals surface area contributed by atoms with Gasteiger partial charge in [-0.2, -0.15) is 5.26 Å².